The van der Waals surface area contributed by atoms with Crippen LogP contribution in [0.15, 0.2) is 16.6 Å². The van der Waals surface area contributed by atoms with Crippen LogP contribution in [0.1, 0.15) is 42.9 Å². The molecule has 1 fully saturated rings. The normalized spacial score (nSPS) is 17.8. The van der Waals surface area contributed by atoms with Crippen LogP contribution in [0.5, 0.6) is 5.75 Å². The molecule has 0 bridgehead atoms. The summed E-state index contributed by atoms with van der Waals surface area (Å²) in [6.07, 6.45) is 4.91. The number of benzene rings is 1. The Bertz CT molecular complexity index is 391. The lowest BCUT2D eigenvalue weighted by Gasteiger charge is -2.21. The van der Waals surface area contributed by atoms with Crippen molar-refractivity contribution in [1.82, 2.24) is 0 Å². The fourth-order valence-electron chi connectivity index (χ4n) is 2.59. The van der Waals surface area contributed by atoms with Crippen LogP contribution in [-0.2, 0) is 0 Å². The molecule has 1 atom stereocenters. The number of phenolic OH excluding ortho intramolecular Hbond substituents is 1. The van der Waals surface area contributed by atoms with Crippen LogP contribution in [-0.4, -0.2) is 5.11 Å². The Morgan fingerprint density at radius 1 is 1.35 bits per heavy atom. The minimum atomic E-state index is -0.0290. The Balaban J connectivity index is 0.00000144. The van der Waals surface area contributed by atoms with E-state index in [4.69, 9.17) is 5.73 Å². The maximum Gasteiger partial charge on any atom is 0.123 e. The molecule has 17 heavy (non-hydrogen) atoms. The fraction of sp³-hybridized carbons (Fsp3) is 0.538. The molecule has 2 nitrogen and oxygen atoms in total. The number of aryl methyl sites for hydroxylation is 1. The van der Waals surface area contributed by atoms with E-state index in [0.29, 0.717) is 11.7 Å². The summed E-state index contributed by atoms with van der Waals surface area (Å²) in [5.41, 5.74) is 8.03. The van der Waals surface area contributed by atoms with E-state index in [2.05, 4.69) is 15.9 Å². The third kappa shape index (κ3) is 3.15. The summed E-state index contributed by atoms with van der Waals surface area (Å²) in [5, 5.41) is 10.1. The highest BCUT2D eigenvalue weighted by Crippen LogP contribution is 2.39. The molecule has 1 aliphatic rings. The summed E-state index contributed by atoms with van der Waals surface area (Å²) in [5.74, 6) is 0.891. The molecule has 96 valence electrons. The lowest BCUT2D eigenvalue weighted by molar-refractivity contribution is 0.410. The summed E-state index contributed by atoms with van der Waals surface area (Å²) in [6.45, 7) is 1.91. The smallest absolute Gasteiger partial charge is 0.123 e. The van der Waals surface area contributed by atoms with Gasteiger partial charge in [0.25, 0.3) is 0 Å². The lowest BCUT2D eigenvalue weighted by Crippen LogP contribution is -2.19. The van der Waals surface area contributed by atoms with E-state index in [9.17, 15) is 5.11 Å². The van der Waals surface area contributed by atoms with E-state index < -0.39 is 0 Å². The van der Waals surface area contributed by atoms with E-state index in [-0.39, 0.29) is 18.4 Å². The van der Waals surface area contributed by atoms with Crippen molar-refractivity contribution in [2.75, 3.05) is 0 Å². The highest BCUT2D eigenvalue weighted by molar-refractivity contribution is 9.10. The second kappa shape index (κ2) is 6.07. The molecule has 1 aliphatic carbocycles. The lowest BCUT2D eigenvalue weighted by atomic mass is 9.91. The van der Waals surface area contributed by atoms with E-state index in [1.165, 1.54) is 25.7 Å². The van der Waals surface area contributed by atoms with Crippen molar-refractivity contribution in [3.8, 4) is 5.75 Å². The predicted molar refractivity (Wildman–Crippen MR) is 76.7 cm³/mol. The van der Waals surface area contributed by atoms with Crippen LogP contribution in [0.4, 0.5) is 0 Å². The molecule has 0 spiro atoms. The highest BCUT2D eigenvalue weighted by atomic mass is 79.9. The number of phenols is 1. The Labute approximate surface area is 117 Å². The Morgan fingerprint density at radius 3 is 2.53 bits per heavy atom. The average molecular weight is 321 g/mol. The summed E-state index contributed by atoms with van der Waals surface area (Å²) in [6, 6.07) is 3.84. The van der Waals surface area contributed by atoms with Gasteiger partial charge in [-0.2, -0.15) is 0 Å². The molecule has 1 aromatic carbocycles. The van der Waals surface area contributed by atoms with Crippen LogP contribution in [0.25, 0.3) is 0 Å². The SMILES string of the molecule is Cc1cc(Br)cc([C@@H](N)C2CCCC2)c1O.Cl. The molecule has 1 aromatic rings. The zero-order chi connectivity index (χ0) is 11.7. The molecule has 4 heteroatoms. The van der Waals surface area contributed by atoms with Gasteiger partial charge in [-0.1, -0.05) is 28.8 Å². The quantitative estimate of drug-likeness (QED) is 0.862. The summed E-state index contributed by atoms with van der Waals surface area (Å²) in [4.78, 5) is 0. The molecule has 0 unspecified atom stereocenters. The number of aromatic hydroxyl groups is 1. The van der Waals surface area contributed by atoms with Crippen LogP contribution < -0.4 is 5.73 Å². The van der Waals surface area contributed by atoms with E-state index in [1.54, 1.807) is 0 Å². The zero-order valence-electron chi connectivity index (χ0n) is 9.95. The van der Waals surface area contributed by atoms with Crippen molar-refractivity contribution in [3.05, 3.63) is 27.7 Å². The summed E-state index contributed by atoms with van der Waals surface area (Å²) >= 11 is 3.46. The fourth-order valence-corrected chi connectivity index (χ4v) is 3.18. The molecule has 0 amide bonds. The van der Waals surface area contributed by atoms with Gasteiger partial charge in [0.15, 0.2) is 0 Å². The van der Waals surface area contributed by atoms with Crippen LogP contribution in [0.2, 0.25) is 0 Å². The maximum atomic E-state index is 10.1. The van der Waals surface area contributed by atoms with Gasteiger partial charge < -0.3 is 10.8 Å². The minimum absolute atomic E-state index is 0. The van der Waals surface area contributed by atoms with Crippen LogP contribution in [0.3, 0.4) is 0 Å². The molecule has 1 saturated carbocycles. The molecule has 3 N–H and O–H groups in total. The summed E-state index contributed by atoms with van der Waals surface area (Å²) in [7, 11) is 0. The number of hydrogen-bond donors (Lipinski definition) is 2. The van der Waals surface area contributed by atoms with Gasteiger partial charge in [0, 0.05) is 16.1 Å². The van der Waals surface area contributed by atoms with E-state index in [1.807, 2.05) is 19.1 Å². The van der Waals surface area contributed by atoms with Gasteiger partial charge in [0.05, 0.1) is 0 Å². The maximum absolute atomic E-state index is 10.1. The molecule has 0 saturated heterocycles. The second-order valence-corrected chi connectivity index (χ2v) is 5.65. The average Bonchev–Trinajstić information content (AvgIpc) is 2.75. The third-order valence-electron chi connectivity index (χ3n) is 3.56. The molecule has 0 radical (unpaired) electrons. The van der Waals surface area contributed by atoms with Gasteiger partial charge in [-0.05, 0) is 43.4 Å². The van der Waals surface area contributed by atoms with Crippen LogP contribution >= 0.6 is 28.3 Å². The zero-order valence-corrected chi connectivity index (χ0v) is 12.4. The molecule has 2 rings (SSSR count). The molecule has 0 aromatic heterocycles. The predicted octanol–water partition coefficient (Wildman–Crippen LogP) is 4.07. The minimum Gasteiger partial charge on any atom is -0.507 e. The first-order valence-electron chi connectivity index (χ1n) is 5.84. The highest BCUT2D eigenvalue weighted by Gasteiger charge is 2.25. The van der Waals surface area contributed by atoms with Gasteiger partial charge in [-0.3, -0.25) is 0 Å². The van der Waals surface area contributed by atoms with Crippen LogP contribution in [0, 0.1) is 12.8 Å². The van der Waals surface area contributed by atoms with Gasteiger partial charge in [-0.25, -0.2) is 0 Å². The van der Waals surface area contributed by atoms with Crippen molar-refractivity contribution in [2.24, 2.45) is 11.7 Å². The topological polar surface area (TPSA) is 46.2 Å². The van der Waals surface area contributed by atoms with Gasteiger partial charge in [-0.15, -0.1) is 12.4 Å². The third-order valence-corrected chi connectivity index (χ3v) is 4.02. The second-order valence-electron chi connectivity index (χ2n) is 4.73. The number of hydrogen-bond acceptors (Lipinski definition) is 2. The number of halogens is 2. The van der Waals surface area contributed by atoms with Crippen molar-refractivity contribution in [3.63, 3.8) is 0 Å². The van der Waals surface area contributed by atoms with Gasteiger partial charge in [0.1, 0.15) is 5.75 Å². The van der Waals surface area contributed by atoms with Crippen molar-refractivity contribution < 1.29 is 5.11 Å². The molecule has 0 aliphatic heterocycles. The Morgan fingerprint density at radius 2 is 1.94 bits per heavy atom. The van der Waals surface area contributed by atoms with E-state index in [0.717, 1.165) is 15.6 Å². The van der Waals surface area contributed by atoms with Crippen molar-refractivity contribution >= 4 is 28.3 Å². The van der Waals surface area contributed by atoms with E-state index >= 15 is 0 Å². The van der Waals surface area contributed by atoms with Crippen molar-refractivity contribution in [1.29, 1.82) is 0 Å². The standard InChI is InChI=1S/C13H18BrNO.ClH/c1-8-6-10(14)7-11(13(8)16)12(15)9-4-2-3-5-9;/h6-7,9,12,16H,2-5,15H2,1H3;1H/t12-;/m0./s1. The number of rotatable bonds is 2. The monoisotopic (exact) mass is 319 g/mol. The molecule has 0 heterocycles. The van der Waals surface area contributed by atoms with Gasteiger partial charge in [0.2, 0.25) is 0 Å². The molecular formula is C13H19BrClNO. The van der Waals surface area contributed by atoms with Crippen molar-refractivity contribution in [2.45, 2.75) is 38.6 Å². The first kappa shape index (κ1) is 14.8. The van der Waals surface area contributed by atoms with Gasteiger partial charge >= 0.3 is 0 Å². The Hall–Kier alpha value is -0.250. The molecular weight excluding hydrogens is 302 g/mol. The number of nitrogens with two attached hydrogens (primary N) is 1. The Kier molecular flexibility index (Phi) is 5.29. The first-order chi connectivity index (χ1) is 7.59. The largest absolute Gasteiger partial charge is 0.507 e. The summed E-state index contributed by atoms with van der Waals surface area (Å²) < 4.78 is 0.992. The first-order valence-corrected chi connectivity index (χ1v) is 6.63.